The molecule has 5 nitrogen and oxygen atoms in total. The Morgan fingerprint density at radius 2 is 2.04 bits per heavy atom. The molecule has 0 unspecified atom stereocenters. The van der Waals surface area contributed by atoms with Crippen LogP contribution in [0.25, 0.3) is 11.0 Å². The average Bonchev–Trinajstić information content (AvgIpc) is 3.04. The molecule has 0 aliphatic heterocycles. The Hall–Kier alpha value is -2.46. The molecule has 1 N–H and O–H groups in total. The first-order valence-corrected chi connectivity index (χ1v) is 9.10. The number of hydrogen-bond donors (Lipinski definition) is 1. The Labute approximate surface area is 173 Å². The molecule has 1 heterocycles. The van der Waals surface area contributed by atoms with E-state index in [2.05, 4.69) is 32.4 Å². The summed E-state index contributed by atoms with van der Waals surface area (Å²) in [5, 5.41) is 5.27. The molecule has 0 atom stereocenters. The van der Waals surface area contributed by atoms with Crippen molar-refractivity contribution in [1.82, 2.24) is 5.43 Å². The highest BCUT2D eigenvalue weighted by molar-refractivity contribution is 9.10. The summed E-state index contributed by atoms with van der Waals surface area (Å²) >= 11 is 15.6. The van der Waals surface area contributed by atoms with Gasteiger partial charge in [-0.25, -0.2) is 5.43 Å². The van der Waals surface area contributed by atoms with E-state index in [9.17, 15) is 4.79 Å². The summed E-state index contributed by atoms with van der Waals surface area (Å²) in [6, 6.07) is 10.3. The SMILES string of the molecule is C#CCOc1c(Cl)cc(/C=N/NC(=O)c2cc3cc(Br)ccc3o2)cc1Cl. The number of hydrazone groups is 1. The number of rotatable bonds is 5. The average molecular weight is 466 g/mol. The molecule has 27 heavy (non-hydrogen) atoms. The van der Waals surface area contributed by atoms with Gasteiger partial charge < -0.3 is 9.15 Å². The molecule has 0 bridgehead atoms. The minimum Gasteiger partial charge on any atom is -0.478 e. The van der Waals surface area contributed by atoms with Crippen molar-refractivity contribution in [2.75, 3.05) is 6.61 Å². The summed E-state index contributed by atoms with van der Waals surface area (Å²) in [7, 11) is 0. The highest BCUT2D eigenvalue weighted by atomic mass is 79.9. The van der Waals surface area contributed by atoms with Crippen LogP contribution in [0.3, 0.4) is 0 Å². The molecular formula is C19H11BrCl2N2O3. The molecule has 2 aromatic carbocycles. The van der Waals surface area contributed by atoms with Crippen LogP contribution >= 0.6 is 39.1 Å². The number of nitrogens with zero attached hydrogens (tertiary/aromatic N) is 1. The molecule has 0 saturated carbocycles. The molecule has 8 heteroatoms. The van der Waals surface area contributed by atoms with Crippen molar-refractivity contribution in [2.24, 2.45) is 5.10 Å². The highest BCUT2D eigenvalue weighted by Gasteiger charge is 2.12. The lowest BCUT2D eigenvalue weighted by molar-refractivity contribution is 0.0929. The summed E-state index contributed by atoms with van der Waals surface area (Å²) < 4.78 is 11.7. The van der Waals surface area contributed by atoms with Crippen molar-refractivity contribution < 1.29 is 13.9 Å². The number of carbonyl (C=O) groups is 1. The fraction of sp³-hybridized carbons (Fsp3) is 0.0526. The minimum atomic E-state index is -0.482. The van der Waals surface area contributed by atoms with Crippen molar-refractivity contribution in [3.05, 3.63) is 62.2 Å². The molecule has 3 rings (SSSR count). The molecule has 0 fully saturated rings. The number of hydrogen-bond acceptors (Lipinski definition) is 4. The van der Waals surface area contributed by atoms with Gasteiger partial charge in [-0.05, 0) is 42.0 Å². The molecule has 0 aliphatic carbocycles. The topological polar surface area (TPSA) is 63.8 Å². The number of amides is 1. The quantitative estimate of drug-likeness (QED) is 0.317. The third-order valence-corrected chi connectivity index (χ3v) is 4.46. The van der Waals surface area contributed by atoms with E-state index in [-0.39, 0.29) is 22.4 Å². The molecule has 1 amide bonds. The van der Waals surface area contributed by atoms with Gasteiger partial charge in [-0.15, -0.1) is 6.42 Å². The lowest BCUT2D eigenvalue weighted by Gasteiger charge is -2.08. The Bertz CT molecular complexity index is 1060. The van der Waals surface area contributed by atoms with Crippen LogP contribution in [0.2, 0.25) is 10.0 Å². The number of halogens is 3. The number of terminal acetylenes is 1. The molecule has 0 radical (unpaired) electrons. The second-order valence-corrected chi connectivity index (χ2v) is 7.03. The standard InChI is InChI=1S/C19H11BrCl2N2O3/c1-2-5-26-18-14(21)6-11(7-15(18)22)10-23-24-19(25)17-9-12-8-13(20)3-4-16(12)27-17/h1,3-4,6-10H,5H2,(H,24,25)/b23-10+. The van der Waals surface area contributed by atoms with Crippen molar-refractivity contribution in [1.29, 1.82) is 0 Å². The Balaban J connectivity index is 1.71. The van der Waals surface area contributed by atoms with Crippen molar-refractivity contribution in [3.63, 3.8) is 0 Å². The molecule has 1 aromatic heterocycles. The van der Waals surface area contributed by atoms with Crippen LogP contribution < -0.4 is 10.2 Å². The second-order valence-electron chi connectivity index (χ2n) is 5.30. The monoisotopic (exact) mass is 464 g/mol. The molecule has 0 spiro atoms. The lowest BCUT2D eigenvalue weighted by Crippen LogP contribution is -2.16. The van der Waals surface area contributed by atoms with Gasteiger partial charge >= 0.3 is 5.91 Å². The zero-order valence-corrected chi connectivity index (χ0v) is 16.7. The molecule has 0 aliphatic rings. The fourth-order valence-electron chi connectivity index (χ4n) is 2.25. The maximum absolute atomic E-state index is 12.2. The second kappa shape index (κ2) is 8.49. The first-order chi connectivity index (χ1) is 13.0. The van der Waals surface area contributed by atoms with Crippen molar-refractivity contribution in [3.8, 4) is 18.1 Å². The third-order valence-electron chi connectivity index (χ3n) is 3.40. The van der Waals surface area contributed by atoms with E-state index in [1.165, 1.54) is 6.21 Å². The van der Waals surface area contributed by atoms with Gasteiger partial charge in [0.05, 0.1) is 16.3 Å². The Kier molecular flexibility index (Phi) is 6.07. The zero-order valence-electron chi connectivity index (χ0n) is 13.6. The first-order valence-electron chi connectivity index (χ1n) is 7.55. The van der Waals surface area contributed by atoms with Crippen LogP contribution in [0, 0.1) is 12.3 Å². The molecule has 3 aromatic rings. The maximum Gasteiger partial charge on any atom is 0.307 e. The summed E-state index contributed by atoms with van der Waals surface area (Å²) in [5.74, 6) is 2.30. The van der Waals surface area contributed by atoms with Crippen molar-refractivity contribution in [2.45, 2.75) is 0 Å². The summed E-state index contributed by atoms with van der Waals surface area (Å²) in [6.07, 6.45) is 6.55. The normalized spacial score (nSPS) is 10.9. The van der Waals surface area contributed by atoms with Gasteiger partial charge in [0.15, 0.2) is 11.5 Å². The zero-order chi connectivity index (χ0) is 19.4. The van der Waals surface area contributed by atoms with Gasteiger partial charge in [-0.2, -0.15) is 5.10 Å². The summed E-state index contributed by atoms with van der Waals surface area (Å²) in [5.41, 5.74) is 3.57. The van der Waals surface area contributed by atoms with E-state index in [4.69, 9.17) is 38.8 Å². The third kappa shape index (κ3) is 4.64. The van der Waals surface area contributed by atoms with Gasteiger partial charge in [0.25, 0.3) is 0 Å². The van der Waals surface area contributed by atoms with Crippen LogP contribution in [0.4, 0.5) is 0 Å². The summed E-state index contributed by atoms with van der Waals surface area (Å²) in [6.45, 7) is 0.0526. The van der Waals surface area contributed by atoms with E-state index in [1.54, 1.807) is 24.3 Å². The fourth-order valence-corrected chi connectivity index (χ4v) is 3.24. The lowest BCUT2D eigenvalue weighted by atomic mass is 10.2. The van der Waals surface area contributed by atoms with Crippen LogP contribution in [-0.4, -0.2) is 18.7 Å². The largest absolute Gasteiger partial charge is 0.478 e. The van der Waals surface area contributed by atoms with Crippen molar-refractivity contribution >= 4 is 62.2 Å². The summed E-state index contributed by atoms with van der Waals surface area (Å²) in [4.78, 5) is 12.2. The molecular weight excluding hydrogens is 455 g/mol. The van der Waals surface area contributed by atoms with E-state index < -0.39 is 5.91 Å². The highest BCUT2D eigenvalue weighted by Crippen LogP contribution is 2.33. The van der Waals surface area contributed by atoms with Gasteiger partial charge in [0.2, 0.25) is 0 Å². The van der Waals surface area contributed by atoms with E-state index in [0.717, 1.165) is 9.86 Å². The van der Waals surface area contributed by atoms with Crippen LogP contribution in [-0.2, 0) is 0 Å². The van der Waals surface area contributed by atoms with Crippen LogP contribution in [0.5, 0.6) is 5.75 Å². The Morgan fingerprint density at radius 1 is 1.30 bits per heavy atom. The smallest absolute Gasteiger partial charge is 0.307 e. The number of fused-ring (bicyclic) bond motifs is 1. The van der Waals surface area contributed by atoms with Gasteiger partial charge in [-0.1, -0.05) is 45.1 Å². The van der Waals surface area contributed by atoms with Gasteiger partial charge in [0, 0.05) is 9.86 Å². The van der Waals surface area contributed by atoms with E-state index in [1.807, 2.05) is 12.1 Å². The Morgan fingerprint density at radius 3 is 2.74 bits per heavy atom. The first kappa shape index (κ1) is 19.3. The maximum atomic E-state index is 12.2. The number of furan rings is 1. The number of ether oxygens (including phenoxy) is 1. The minimum absolute atomic E-state index is 0.0526. The van der Waals surface area contributed by atoms with Gasteiger partial charge in [0.1, 0.15) is 12.2 Å². The van der Waals surface area contributed by atoms with E-state index >= 15 is 0 Å². The van der Waals surface area contributed by atoms with Crippen LogP contribution in [0.1, 0.15) is 16.1 Å². The number of carbonyl (C=O) groups excluding carboxylic acids is 1. The predicted octanol–water partition coefficient (Wildman–Crippen LogP) is 5.28. The number of nitrogens with one attached hydrogen (secondary N) is 1. The number of benzene rings is 2. The molecule has 0 saturated heterocycles. The predicted molar refractivity (Wildman–Crippen MR) is 110 cm³/mol. The van der Waals surface area contributed by atoms with E-state index in [0.29, 0.717) is 16.9 Å². The van der Waals surface area contributed by atoms with Gasteiger partial charge in [-0.3, -0.25) is 4.79 Å². The molecule has 136 valence electrons. The van der Waals surface area contributed by atoms with Crippen LogP contribution in [0.15, 0.2) is 50.4 Å².